The van der Waals surface area contributed by atoms with Crippen LogP contribution in [-0.4, -0.2) is 40.8 Å². The van der Waals surface area contributed by atoms with Crippen LogP contribution in [0.4, 0.5) is 9.18 Å². The van der Waals surface area contributed by atoms with E-state index in [1.807, 2.05) is 20.8 Å². The summed E-state index contributed by atoms with van der Waals surface area (Å²) >= 11 is 0. The van der Waals surface area contributed by atoms with Crippen LogP contribution < -0.4 is 10.5 Å². The van der Waals surface area contributed by atoms with Crippen molar-refractivity contribution in [1.29, 1.82) is 0 Å². The van der Waals surface area contributed by atoms with Crippen molar-refractivity contribution < 1.29 is 18.7 Å². The van der Waals surface area contributed by atoms with E-state index in [4.69, 9.17) is 15.2 Å². The number of aromatic nitrogens is 1. The molecule has 2 rings (SSSR count). The maximum Gasteiger partial charge on any atom is 0.410 e. The van der Waals surface area contributed by atoms with Crippen molar-refractivity contribution in [1.82, 2.24) is 9.88 Å². The van der Waals surface area contributed by atoms with Crippen LogP contribution in [0.25, 0.3) is 0 Å². The van der Waals surface area contributed by atoms with Crippen molar-refractivity contribution in [2.45, 2.75) is 64.3 Å². The van der Waals surface area contributed by atoms with E-state index in [0.717, 1.165) is 25.5 Å². The molecule has 24 heavy (non-hydrogen) atoms. The number of hydrogen-bond acceptors (Lipinski definition) is 5. The first-order chi connectivity index (χ1) is 11.2. The Bertz CT molecular complexity index is 589. The van der Waals surface area contributed by atoms with E-state index >= 15 is 0 Å². The summed E-state index contributed by atoms with van der Waals surface area (Å²) in [6.07, 6.45) is 3.05. The summed E-state index contributed by atoms with van der Waals surface area (Å²) in [5, 5.41) is 0. The van der Waals surface area contributed by atoms with Gasteiger partial charge in [0.15, 0.2) is 0 Å². The number of hydrogen-bond donors (Lipinski definition) is 1. The molecule has 134 valence electrons. The second kappa shape index (κ2) is 7.34. The second-order valence-corrected chi connectivity index (χ2v) is 7.07. The van der Waals surface area contributed by atoms with Crippen LogP contribution in [0.1, 0.15) is 45.6 Å². The number of rotatable bonds is 4. The molecule has 0 bridgehead atoms. The van der Waals surface area contributed by atoms with Crippen LogP contribution in [0.2, 0.25) is 0 Å². The molecule has 1 aromatic rings. The van der Waals surface area contributed by atoms with Gasteiger partial charge in [0, 0.05) is 19.2 Å². The van der Waals surface area contributed by atoms with Gasteiger partial charge in [-0.1, -0.05) is 0 Å². The number of ether oxygens (including phenoxy) is 2. The van der Waals surface area contributed by atoms with Crippen LogP contribution in [0.15, 0.2) is 12.3 Å². The van der Waals surface area contributed by atoms with Crippen molar-refractivity contribution in [3.63, 3.8) is 0 Å². The molecule has 1 fully saturated rings. The van der Waals surface area contributed by atoms with E-state index in [1.54, 1.807) is 11.9 Å². The fourth-order valence-electron chi connectivity index (χ4n) is 2.82. The Labute approximate surface area is 142 Å². The highest BCUT2D eigenvalue weighted by Gasteiger charge is 2.36. The minimum Gasteiger partial charge on any atom is -0.472 e. The lowest BCUT2D eigenvalue weighted by Crippen LogP contribution is -2.46. The largest absolute Gasteiger partial charge is 0.472 e. The van der Waals surface area contributed by atoms with Crippen LogP contribution in [0.5, 0.6) is 5.88 Å². The van der Waals surface area contributed by atoms with E-state index in [1.165, 1.54) is 6.07 Å². The topological polar surface area (TPSA) is 77.7 Å². The molecule has 6 nitrogen and oxygen atoms in total. The Morgan fingerprint density at radius 2 is 2.17 bits per heavy atom. The monoisotopic (exact) mass is 339 g/mol. The molecule has 2 N–H and O–H groups in total. The smallest absolute Gasteiger partial charge is 0.410 e. The molecule has 0 spiro atoms. The molecule has 1 aliphatic carbocycles. The normalized spacial score (nSPS) is 20.8. The van der Waals surface area contributed by atoms with Gasteiger partial charge in [0.05, 0.1) is 12.2 Å². The first-order valence-corrected chi connectivity index (χ1v) is 8.18. The van der Waals surface area contributed by atoms with E-state index in [2.05, 4.69) is 4.98 Å². The van der Waals surface area contributed by atoms with E-state index in [0.29, 0.717) is 11.4 Å². The van der Waals surface area contributed by atoms with Crippen molar-refractivity contribution in [3.05, 3.63) is 23.6 Å². The van der Waals surface area contributed by atoms with Gasteiger partial charge in [0.1, 0.15) is 17.5 Å². The zero-order valence-corrected chi connectivity index (χ0v) is 14.7. The fraction of sp³-hybridized carbons (Fsp3) is 0.647. The average Bonchev–Trinajstić information content (AvgIpc) is 2.94. The highest BCUT2D eigenvalue weighted by molar-refractivity contribution is 5.68. The molecule has 0 radical (unpaired) electrons. The number of halogens is 1. The van der Waals surface area contributed by atoms with Gasteiger partial charge in [-0.2, -0.15) is 0 Å². The number of nitrogens with two attached hydrogens (primary N) is 1. The molecule has 1 aliphatic rings. The third kappa shape index (κ3) is 4.56. The highest BCUT2D eigenvalue weighted by Crippen LogP contribution is 2.29. The van der Waals surface area contributed by atoms with Gasteiger partial charge in [-0.3, -0.25) is 0 Å². The summed E-state index contributed by atoms with van der Waals surface area (Å²) in [4.78, 5) is 17.9. The first kappa shape index (κ1) is 18.4. The molecule has 0 aromatic carbocycles. The lowest BCUT2D eigenvalue weighted by Gasteiger charge is -2.32. The van der Waals surface area contributed by atoms with Gasteiger partial charge in [0.25, 0.3) is 0 Å². The van der Waals surface area contributed by atoms with Gasteiger partial charge < -0.3 is 20.1 Å². The Morgan fingerprint density at radius 3 is 2.79 bits per heavy atom. The minimum absolute atomic E-state index is 0.114. The Morgan fingerprint density at radius 1 is 1.46 bits per heavy atom. The summed E-state index contributed by atoms with van der Waals surface area (Å²) in [5.41, 5.74) is 5.60. The molecule has 1 heterocycles. The van der Waals surface area contributed by atoms with Gasteiger partial charge >= 0.3 is 6.09 Å². The van der Waals surface area contributed by atoms with Crippen LogP contribution in [0.3, 0.4) is 0 Å². The Balaban J connectivity index is 2.09. The maximum absolute atomic E-state index is 13.3. The van der Waals surface area contributed by atoms with Crippen LogP contribution in [0, 0.1) is 5.82 Å². The third-order valence-electron chi connectivity index (χ3n) is 3.97. The summed E-state index contributed by atoms with van der Waals surface area (Å²) in [5.74, 6) is -0.120. The molecule has 0 saturated heterocycles. The minimum atomic E-state index is -0.550. The molecule has 2 unspecified atom stereocenters. The molecule has 2 atom stereocenters. The number of amides is 1. The quantitative estimate of drug-likeness (QED) is 0.913. The van der Waals surface area contributed by atoms with Crippen molar-refractivity contribution in [3.8, 4) is 5.88 Å². The molecule has 1 aromatic heterocycles. The zero-order chi connectivity index (χ0) is 17.9. The zero-order valence-electron chi connectivity index (χ0n) is 14.7. The summed E-state index contributed by atoms with van der Waals surface area (Å²) in [6, 6.07) is 1.21. The number of nitrogens with zero attached hydrogens (tertiary/aromatic N) is 2. The van der Waals surface area contributed by atoms with E-state index in [9.17, 15) is 9.18 Å². The summed E-state index contributed by atoms with van der Waals surface area (Å²) in [6.45, 7) is 5.63. The van der Waals surface area contributed by atoms with Crippen LogP contribution >= 0.6 is 0 Å². The standard InChI is InChI=1S/C17H26FN3O3/c1-17(2,3)24-16(22)21(4)13-6-5-7-14(13)23-15-11(9-19)8-12(18)10-20-15/h8,10,13-14H,5-7,9,19H2,1-4H3. The lowest BCUT2D eigenvalue weighted by atomic mass is 10.2. The second-order valence-electron chi connectivity index (χ2n) is 7.07. The van der Waals surface area contributed by atoms with Crippen molar-refractivity contribution >= 4 is 6.09 Å². The highest BCUT2D eigenvalue weighted by atomic mass is 19.1. The lowest BCUT2D eigenvalue weighted by molar-refractivity contribution is 0.0110. The number of carbonyl (C=O) groups excluding carboxylic acids is 1. The van der Waals surface area contributed by atoms with Crippen LogP contribution in [-0.2, 0) is 11.3 Å². The SMILES string of the molecule is CN(C(=O)OC(C)(C)C)C1CCCC1Oc1ncc(F)cc1CN. The summed E-state index contributed by atoms with van der Waals surface area (Å²) < 4.78 is 24.6. The Hall–Kier alpha value is -1.89. The van der Waals surface area contributed by atoms with Crippen molar-refractivity contribution in [2.75, 3.05) is 7.05 Å². The Kier molecular flexibility index (Phi) is 5.64. The third-order valence-corrected chi connectivity index (χ3v) is 3.97. The molecule has 1 saturated carbocycles. The predicted molar refractivity (Wildman–Crippen MR) is 88.1 cm³/mol. The van der Waals surface area contributed by atoms with Gasteiger partial charge in [0.2, 0.25) is 5.88 Å². The van der Waals surface area contributed by atoms with Gasteiger partial charge in [-0.25, -0.2) is 14.2 Å². The average molecular weight is 339 g/mol. The summed E-state index contributed by atoms with van der Waals surface area (Å²) in [7, 11) is 1.71. The molecule has 0 aliphatic heterocycles. The number of carbonyl (C=O) groups is 1. The van der Waals surface area contributed by atoms with Gasteiger partial charge in [-0.05, 0) is 46.1 Å². The number of pyridine rings is 1. The fourth-order valence-corrected chi connectivity index (χ4v) is 2.82. The van der Waals surface area contributed by atoms with Gasteiger partial charge in [-0.15, -0.1) is 0 Å². The molecule has 7 heteroatoms. The van der Waals surface area contributed by atoms with E-state index < -0.39 is 11.4 Å². The molecule has 1 amide bonds. The number of likely N-dealkylation sites (N-methyl/N-ethyl adjacent to an activating group) is 1. The predicted octanol–water partition coefficient (Wildman–Crippen LogP) is 2.85. The maximum atomic E-state index is 13.3. The molecular weight excluding hydrogens is 313 g/mol. The van der Waals surface area contributed by atoms with Crippen molar-refractivity contribution in [2.24, 2.45) is 5.73 Å². The van der Waals surface area contributed by atoms with E-state index in [-0.39, 0.29) is 24.8 Å². The first-order valence-electron chi connectivity index (χ1n) is 8.18. The molecular formula is C17H26FN3O3.